The molecule has 1 aromatic rings. The molecule has 1 unspecified atom stereocenters. The van der Waals surface area contributed by atoms with Crippen LogP contribution in [0.25, 0.3) is 0 Å². The number of nitro groups is 1. The van der Waals surface area contributed by atoms with Crippen LogP contribution in [-0.2, 0) is 4.74 Å². The van der Waals surface area contributed by atoms with Crippen molar-refractivity contribution in [1.29, 1.82) is 0 Å². The van der Waals surface area contributed by atoms with E-state index in [0.717, 1.165) is 25.9 Å². The van der Waals surface area contributed by atoms with Gasteiger partial charge in [0.2, 0.25) is 0 Å². The standard InChI is InChI=1S/C15H20ClN3O4/c1-23-8-7-18-6-2-3-12(18)10-17-15(20)13-9-11(19(21)22)4-5-14(13)16/h4-5,9,12H,2-3,6-8,10H2,1H3,(H,17,20). The Morgan fingerprint density at radius 3 is 3.04 bits per heavy atom. The molecule has 1 aliphatic heterocycles. The summed E-state index contributed by atoms with van der Waals surface area (Å²) in [5.41, 5.74) is -0.0237. The number of rotatable bonds is 7. The summed E-state index contributed by atoms with van der Waals surface area (Å²) in [4.78, 5) is 24.8. The van der Waals surface area contributed by atoms with Crippen molar-refractivity contribution in [2.45, 2.75) is 18.9 Å². The zero-order valence-corrected chi connectivity index (χ0v) is 13.7. The van der Waals surface area contributed by atoms with Crippen LogP contribution < -0.4 is 5.32 Å². The van der Waals surface area contributed by atoms with Crippen LogP contribution in [0.3, 0.4) is 0 Å². The van der Waals surface area contributed by atoms with Gasteiger partial charge >= 0.3 is 0 Å². The molecule has 1 fully saturated rings. The molecular formula is C15H20ClN3O4. The van der Waals surface area contributed by atoms with Crippen LogP contribution in [0.4, 0.5) is 5.69 Å². The first-order chi connectivity index (χ1) is 11.0. The molecule has 0 aliphatic carbocycles. The predicted molar refractivity (Wildman–Crippen MR) is 86.9 cm³/mol. The fraction of sp³-hybridized carbons (Fsp3) is 0.533. The molecule has 1 saturated heterocycles. The molecule has 1 amide bonds. The second-order valence-electron chi connectivity index (χ2n) is 5.46. The van der Waals surface area contributed by atoms with E-state index in [0.29, 0.717) is 13.2 Å². The Kier molecular flexibility index (Phi) is 6.32. The SMILES string of the molecule is COCCN1CCCC1CNC(=O)c1cc([N+](=O)[O-])ccc1Cl. The summed E-state index contributed by atoms with van der Waals surface area (Å²) in [5, 5.41) is 13.8. The number of ether oxygens (including phenoxy) is 1. The zero-order valence-electron chi connectivity index (χ0n) is 13.0. The molecule has 1 heterocycles. The van der Waals surface area contributed by atoms with Crippen LogP contribution in [0, 0.1) is 10.1 Å². The van der Waals surface area contributed by atoms with E-state index in [9.17, 15) is 14.9 Å². The number of non-ortho nitro benzene ring substituents is 1. The van der Waals surface area contributed by atoms with Crippen molar-refractivity contribution < 1.29 is 14.5 Å². The van der Waals surface area contributed by atoms with Gasteiger partial charge in [-0.1, -0.05) is 11.6 Å². The maximum Gasteiger partial charge on any atom is 0.270 e. The molecule has 2 rings (SSSR count). The number of carbonyl (C=O) groups is 1. The van der Waals surface area contributed by atoms with Crippen LogP contribution in [0.2, 0.25) is 5.02 Å². The van der Waals surface area contributed by atoms with E-state index >= 15 is 0 Å². The number of hydrogen-bond acceptors (Lipinski definition) is 5. The number of nitro benzene ring substituents is 1. The smallest absolute Gasteiger partial charge is 0.270 e. The maximum absolute atomic E-state index is 12.3. The van der Waals surface area contributed by atoms with Crippen LogP contribution in [0.1, 0.15) is 23.2 Å². The molecule has 0 radical (unpaired) electrons. The lowest BCUT2D eigenvalue weighted by molar-refractivity contribution is -0.384. The van der Waals surface area contributed by atoms with Gasteiger partial charge in [0, 0.05) is 38.4 Å². The highest BCUT2D eigenvalue weighted by molar-refractivity contribution is 6.33. The molecule has 23 heavy (non-hydrogen) atoms. The Labute approximate surface area is 139 Å². The number of halogens is 1. The largest absolute Gasteiger partial charge is 0.383 e. The Hall–Kier alpha value is -1.70. The molecule has 0 aromatic heterocycles. The second-order valence-corrected chi connectivity index (χ2v) is 5.86. The zero-order chi connectivity index (χ0) is 16.8. The van der Waals surface area contributed by atoms with Crippen molar-refractivity contribution in [3.8, 4) is 0 Å². The van der Waals surface area contributed by atoms with Gasteiger partial charge in [-0.2, -0.15) is 0 Å². The number of benzene rings is 1. The number of likely N-dealkylation sites (tertiary alicyclic amines) is 1. The number of amides is 1. The van der Waals surface area contributed by atoms with Crippen LogP contribution in [0.5, 0.6) is 0 Å². The molecular weight excluding hydrogens is 322 g/mol. The van der Waals surface area contributed by atoms with Gasteiger partial charge in [-0.3, -0.25) is 19.8 Å². The van der Waals surface area contributed by atoms with Crippen molar-refractivity contribution in [2.24, 2.45) is 0 Å². The predicted octanol–water partition coefficient (Wildman–Crippen LogP) is 2.09. The summed E-state index contributed by atoms with van der Waals surface area (Å²) in [6.45, 7) is 2.96. The quantitative estimate of drug-likeness (QED) is 0.606. The average Bonchev–Trinajstić information content (AvgIpc) is 2.98. The molecule has 7 nitrogen and oxygen atoms in total. The van der Waals surface area contributed by atoms with Crippen LogP contribution >= 0.6 is 11.6 Å². The third-order valence-corrected chi connectivity index (χ3v) is 4.31. The van der Waals surface area contributed by atoms with Gasteiger partial charge in [-0.25, -0.2) is 0 Å². The summed E-state index contributed by atoms with van der Waals surface area (Å²) in [6, 6.07) is 4.11. The van der Waals surface area contributed by atoms with Gasteiger partial charge < -0.3 is 10.1 Å². The fourth-order valence-corrected chi connectivity index (χ4v) is 2.94. The van der Waals surface area contributed by atoms with E-state index in [1.807, 2.05) is 0 Å². The molecule has 1 N–H and O–H groups in total. The first-order valence-corrected chi connectivity index (χ1v) is 7.86. The third kappa shape index (κ3) is 4.63. The van der Waals surface area contributed by atoms with E-state index < -0.39 is 10.8 Å². The Balaban J connectivity index is 1.97. The van der Waals surface area contributed by atoms with Gasteiger partial charge in [0.15, 0.2) is 0 Å². The van der Waals surface area contributed by atoms with Crippen molar-refractivity contribution >= 4 is 23.2 Å². The lowest BCUT2D eigenvalue weighted by Gasteiger charge is -2.24. The van der Waals surface area contributed by atoms with E-state index in [1.165, 1.54) is 18.2 Å². The van der Waals surface area contributed by atoms with Crippen molar-refractivity contribution in [3.63, 3.8) is 0 Å². The molecule has 0 saturated carbocycles. The monoisotopic (exact) mass is 341 g/mol. The number of carbonyl (C=O) groups excluding carboxylic acids is 1. The maximum atomic E-state index is 12.3. The Morgan fingerprint density at radius 1 is 1.57 bits per heavy atom. The van der Waals surface area contributed by atoms with E-state index in [1.54, 1.807) is 7.11 Å². The summed E-state index contributed by atoms with van der Waals surface area (Å²) in [6.07, 6.45) is 2.09. The minimum Gasteiger partial charge on any atom is -0.383 e. The molecule has 0 bridgehead atoms. The van der Waals surface area contributed by atoms with Crippen molar-refractivity contribution in [1.82, 2.24) is 10.2 Å². The van der Waals surface area contributed by atoms with E-state index in [-0.39, 0.29) is 22.3 Å². The summed E-state index contributed by atoms with van der Waals surface area (Å²) in [5.74, 6) is -0.391. The van der Waals surface area contributed by atoms with Gasteiger partial charge in [0.25, 0.3) is 11.6 Å². The van der Waals surface area contributed by atoms with Crippen LogP contribution in [0.15, 0.2) is 18.2 Å². The molecule has 1 atom stereocenters. The highest BCUT2D eigenvalue weighted by Crippen LogP contribution is 2.22. The number of nitrogens with one attached hydrogen (secondary N) is 1. The number of nitrogens with zero attached hydrogens (tertiary/aromatic N) is 2. The summed E-state index contributed by atoms with van der Waals surface area (Å²) >= 11 is 5.98. The third-order valence-electron chi connectivity index (χ3n) is 3.99. The first-order valence-electron chi connectivity index (χ1n) is 7.48. The fourth-order valence-electron chi connectivity index (χ4n) is 2.74. The van der Waals surface area contributed by atoms with Gasteiger partial charge in [0.05, 0.1) is 22.1 Å². The molecule has 8 heteroatoms. The van der Waals surface area contributed by atoms with Crippen molar-refractivity contribution in [2.75, 3.05) is 33.4 Å². The molecule has 1 aromatic carbocycles. The molecule has 0 spiro atoms. The Bertz CT molecular complexity index is 582. The minimum atomic E-state index is -0.545. The topological polar surface area (TPSA) is 84.7 Å². The number of hydrogen-bond donors (Lipinski definition) is 1. The Morgan fingerprint density at radius 2 is 2.35 bits per heavy atom. The molecule has 1 aliphatic rings. The lowest BCUT2D eigenvalue weighted by Crippen LogP contribution is -2.41. The molecule has 126 valence electrons. The van der Waals surface area contributed by atoms with E-state index in [4.69, 9.17) is 16.3 Å². The van der Waals surface area contributed by atoms with Gasteiger partial charge in [-0.15, -0.1) is 0 Å². The van der Waals surface area contributed by atoms with Crippen LogP contribution in [-0.4, -0.2) is 55.1 Å². The van der Waals surface area contributed by atoms with Gasteiger partial charge in [0.1, 0.15) is 0 Å². The first kappa shape index (κ1) is 17.7. The normalized spacial score (nSPS) is 18.1. The lowest BCUT2D eigenvalue weighted by atomic mass is 10.1. The van der Waals surface area contributed by atoms with Crippen molar-refractivity contribution in [3.05, 3.63) is 38.9 Å². The highest BCUT2D eigenvalue weighted by Gasteiger charge is 2.25. The highest BCUT2D eigenvalue weighted by atomic mass is 35.5. The van der Waals surface area contributed by atoms with Gasteiger partial charge in [-0.05, 0) is 25.5 Å². The van der Waals surface area contributed by atoms with E-state index in [2.05, 4.69) is 10.2 Å². The summed E-state index contributed by atoms with van der Waals surface area (Å²) in [7, 11) is 1.66. The minimum absolute atomic E-state index is 0.127. The summed E-state index contributed by atoms with van der Waals surface area (Å²) < 4.78 is 5.09. The number of methoxy groups -OCH3 is 1. The average molecular weight is 342 g/mol. The second kappa shape index (κ2) is 8.24.